The highest BCUT2D eigenvalue weighted by atomic mass is 79.9. The van der Waals surface area contributed by atoms with Crippen molar-refractivity contribution in [3.8, 4) is 0 Å². The Labute approximate surface area is 326 Å². The van der Waals surface area contributed by atoms with Gasteiger partial charge in [-0.05, 0) is 100.0 Å². The van der Waals surface area contributed by atoms with Crippen molar-refractivity contribution in [2.75, 3.05) is 61.2 Å². The second-order valence-corrected chi connectivity index (χ2v) is 16.0. The van der Waals surface area contributed by atoms with Gasteiger partial charge in [-0.1, -0.05) is 12.1 Å². The first-order chi connectivity index (χ1) is 24.8. The number of hydrogen-bond acceptors (Lipinski definition) is 12. The van der Waals surface area contributed by atoms with Crippen molar-refractivity contribution in [2.45, 2.75) is 81.2 Å². The van der Waals surface area contributed by atoms with Gasteiger partial charge in [-0.3, -0.25) is 9.88 Å². The first kappa shape index (κ1) is 41.9. The monoisotopic (exact) mass is 824 g/mol. The van der Waals surface area contributed by atoms with E-state index in [1.807, 2.05) is 35.1 Å². The minimum atomic E-state index is -1.01. The number of hydrogen-bond donors (Lipinski definition) is 2. The SMILES string of the molecule is CN(C)CCCOC1C(C(O)CO)OC2OC(C)(C)OC21.COC12CC(COC(=O)c3cncc(Br)c3)CN(C)C1Cc1cn(C)c3cccc2c13.Cl. The summed E-state index contributed by atoms with van der Waals surface area (Å²) in [7, 11) is 10.1. The van der Waals surface area contributed by atoms with Crippen LogP contribution < -0.4 is 0 Å². The van der Waals surface area contributed by atoms with Gasteiger partial charge in [0, 0.05) is 73.2 Å². The Kier molecular flexibility index (Phi) is 13.7. The molecule has 4 aliphatic rings. The number of halogens is 2. The van der Waals surface area contributed by atoms with Gasteiger partial charge < -0.3 is 48.1 Å². The highest BCUT2D eigenvalue weighted by Gasteiger charge is 2.57. The highest BCUT2D eigenvalue weighted by molar-refractivity contribution is 9.10. The summed E-state index contributed by atoms with van der Waals surface area (Å²) in [6.45, 7) is 5.91. The molecule has 0 amide bonds. The third-order valence-electron chi connectivity index (χ3n) is 10.6. The molecule has 3 fully saturated rings. The summed E-state index contributed by atoms with van der Waals surface area (Å²) in [5.41, 5.74) is 3.90. The van der Waals surface area contributed by atoms with E-state index in [1.54, 1.807) is 12.3 Å². The molecule has 7 rings (SSSR count). The Morgan fingerprint density at radius 1 is 1.21 bits per heavy atom. The van der Waals surface area contributed by atoms with Gasteiger partial charge in [0.1, 0.15) is 30.0 Å². The van der Waals surface area contributed by atoms with Gasteiger partial charge in [0.15, 0.2) is 12.1 Å². The molecule has 294 valence electrons. The maximum absolute atomic E-state index is 12.5. The zero-order valence-corrected chi connectivity index (χ0v) is 34.0. The number of rotatable bonds is 11. The van der Waals surface area contributed by atoms with Crippen LogP contribution in [0.3, 0.4) is 0 Å². The Morgan fingerprint density at radius 2 is 1.98 bits per heavy atom. The molecular weight excluding hydrogens is 772 g/mol. The number of likely N-dealkylation sites (tertiary alicyclic amines) is 1. The molecule has 8 unspecified atom stereocenters. The summed E-state index contributed by atoms with van der Waals surface area (Å²) in [5.74, 6) is -0.901. The third kappa shape index (κ3) is 8.78. The summed E-state index contributed by atoms with van der Waals surface area (Å²) >= 11 is 3.35. The quantitative estimate of drug-likeness (QED) is 0.215. The lowest BCUT2D eigenvalue weighted by atomic mass is 9.69. The third-order valence-corrected chi connectivity index (χ3v) is 11.0. The van der Waals surface area contributed by atoms with Crippen molar-refractivity contribution in [2.24, 2.45) is 13.0 Å². The molecule has 0 spiro atoms. The van der Waals surface area contributed by atoms with Gasteiger partial charge in [0.2, 0.25) is 0 Å². The van der Waals surface area contributed by atoms with Crippen molar-refractivity contribution < 1.29 is 43.4 Å². The van der Waals surface area contributed by atoms with E-state index in [0.717, 1.165) is 36.8 Å². The Bertz CT molecular complexity index is 1710. The van der Waals surface area contributed by atoms with Crippen LogP contribution in [0.25, 0.3) is 10.9 Å². The summed E-state index contributed by atoms with van der Waals surface area (Å²) in [6.07, 6.45) is 5.03. The number of pyridine rings is 1. The molecule has 3 saturated heterocycles. The van der Waals surface area contributed by atoms with Crippen LogP contribution in [0.2, 0.25) is 0 Å². The van der Waals surface area contributed by atoms with Crippen molar-refractivity contribution in [3.05, 3.63) is 64.0 Å². The van der Waals surface area contributed by atoms with E-state index in [0.29, 0.717) is 18.8 Å². The lowest BCUT2D eigenvalue weighted by molar-refractivity contribution is -0.231. The van der Waals surface area contributed by atoms with Crippen LogP contribution in [0.1, 0.15) is 48.2 Å². The number of fused-ring (bicyclic) bond motifs is 3. The highest BCUT2D eigenvalue weighted by Crippen LogP contribution is 2.49. The fourth-order valence-electron chi connectivity index (χ4n) is 8.33. The molecule has 53 heavy (non-hydrogen) atoms. The number of carbonyl (C=O) groups excluding carboxylic acids is 1. The number of methoxy groups -OCH3 is 1. The number of benzene rings is 1. The topological polar surface area (TPSA) is 137 Å². The molecule has 0 bridgehead atoms. The second-order valence-electron chi connectivity index (χ2n) is 15.1. The van der Waals surface area contributed by atoms with Crippen molar-refractivity contribution in [1.29, 1.82) is 0 Å². The molecule has 13 nitrogen and oxygen atoms in total. The predicted octanol–water partition coefficient (Wildman–Crippen LogP) is 3.89. The van der Waals surface area contributed by atoms with E-state index in [1.165, 1.54) is 28.2 Å². The van der Waals surface area contributed by atoms with Gasteiger partial charge in [0.25, 0.3) is 0 Å². The van der Waals surface area contributed by atoms with Crippen LogP contribution in [-0.2, 0) is 47.5 Å². The number of carbonyl (C=O) groups is 1. The Morgan fingerprint density at radius 3 is 2.68 bits per heavy atom. The first-order valence-electron chi connectivity index (χ1n) is 17.9. The lowest BCUT2D eigenvalue weighted by Crippen LogP contribution is -2.59. The molecule has 15 heteroatoms. The smallest absolute Gasteiger partial charge is 0.339 e. The molecule has 8 atom stereocenters. The molecule has 5 heterocycles. The largest absolute Gasteiger partial charge is 0.462 e. The fourth-order valence-corrected chi connectivity index (χ4v) is 8.70. The average molecular weight is 826 g/mol. The van der Waals surface area contributed by atoms with Gasteiger partial charge in [-0.25, -0.2) is 4.79 Å². The van der Waals surface area contributed by atoms with Crippen molar-refractivity contribution in [1.82, 2.24) is 19.4 Å². The van der Waals surface area contributed by atoms with E-state index in [-0.39, 0.29) is 43.0 Å². The standard InChI is InChI=1S/C24H26BrN3O3.C14H27NO6.ClH/c1-27-13-17-8-21-24(30-3,19-5-4-6-20(27)22(17)19)9-15(12-28(21)2)14-31-23(29)16-7-18(25)11-26-10-16;1-14(2)20-12-11(18-7-5-6-15(3)4)10(9(17)8-16)19-13(12)21-14;/h4-7,10-11,13,15,21H,8-9,12,14H2,1-3H3;9-13,16-17H,5-8H2,1-4H3;1H. The van der Waals surface area contributed by atoms with E-state index >= 15 is 0 Å². The molecule has 2 N–H and O–H groups in total. The molecule has 1 aromatic carbocycles. The average Bonchev–Trinajstić information content (AvgIpc) is 3.72. The van der Waals surface area contributed by atoms with Crippen LogP contribution in [0, 0.1) is 5.92 Å². The zero-order valence-electron chi connectivity index (χ0n) is 31.6. The number of ether oxygens (including phenoxy) is 6. The van der Waals surface area contributed by atoms with Gasteiger partial charge in [0.05, 0.1) is 18.8 Å². The number of aryl methyl sites for hydroxylation is 1. The molecule has 3 aromatic rings. The zero-order chi connectivity index (χ0) is 37.4. The summed E-state index contributed by atoms with van der Waals surface area (Å²) in [5, 5.41) is 20.3. The normalized spacial score (nSPS) is 29.2. The Hall–Kier alpha value is -2.21. The molecule has 2 aromatic heterocycles. The van der Waals surface area contributed by atoms with Crippen LogP contribution in [0.5, 0.6) is 0 Å². The molecule has 1 aliphatic carbocycles. The van der Waals surface area contributed by atoms with Gasteiger partial charge in [-0.15, -0.1) is 12.4 Å². The molecular formula is C38H54BrClN4O9. The number of aliphatic hydroxyl groups is 2. The summed E-state index contributed by atoms with van der Waals surface area (Å²) in [4.78, 5) is 21.1. The number of aromatic nitrogens is 2. The summed E-state index contributed by atoms with van der Waals surface area (Å²) in [6, 6.07) is 8.47. The number of aliphatic hydroxyl groups excluding tert-OH is 2. The number of esters is 1. The maximum Gasteiger partial charge on any atom is 0.339 e. The minimum Gasteiger partial charge on any atom is -0.462 e. The molecule has 3 aliphatic heterocycles. The maximum atomic E-state index is 12.5. The van der Waals surface area contributed by atoms with Crippen LogP contribution in [-0.4, -0.2) is 139 Å². The van der Waals surface area contributed by atoms with Crippen LogP contribution in [0.4, 0.5) is 0 Å². The van der Waals surface area contributed by atoms with E-state index in [9.17, 15) is 9.90 Å². The summed E-state index contributed by atoms with van der Waals surface area (Å²) < 4.78 is 38.0. The minimum absolute atomic E-state index is 0. The van der Waals surface area contributed by atoms with E-state index < -0.39 is 36.0 Å². The van der Waals surface area contributed by atoms with Gasteiger partial charge >= 0.3 is 5.97 Å². The number of nitrogens with zero attached hydrogens (tertiary/aromatic N) is 4. The van der Waals surface area contributed by atoms with Gasteiger partial charge in [-0.2, -0.15) is 0 Å². The number of piperidine rings is 1. The second kappa shape index (κ2) is 17.3. The fraction of sp³-hybridized carbons (Fsp3) is 0.632. The van der Waals surface area contributed by atoms with Crippen molar-refractivity contribution in [3.63, 3.8) is 0 Å². The predicted molar refractivity (Wildman–Crippen MR) is 204 cm³/mol. The number of likely N-dealkylation sites (N-methyl/N-ethyl adjacent to an activating group) is 1. The van der Waals surface area contributed by atoms with Crippen molar-refractivity contribution >= 4 is 45.2 Å². The molecule has 0 saturated carbocycles. The Balaban J connectivity index is 0.000000216. The lowest BCUT2D eigenvalue weighted by Gasteiger charge is -2.53. The van der Waals surface area contributed by atoms with E-state index in [2.05, 4.69) is 73.8 Å². The van der Waals surface area contributed by atoms with Crippen LogP contribution in [0.15, 0.2) is 47.3 Å². The molecule has 0 radical (unpaired) electrons. The van der Waals surface area contributed by atoms with Crippen LogP contribution >= 0.6 is 28.3 Å². The first-order valence-corrected chi connectivity index (χ1v) is 18.7. The van der Waals surface area contributed by atoms with E-state index in [4.69, 9.17) is 33.5 Å².